The molecule has 1 aromatic heterocycles. The van der Waals surface area contributed by atoms with Crippen molar-refractivity contribution >= 4 is 11.6 Å². The van der Waals surface area contributed by atoms with Crippen LogP contribution in [-0.4, -0.2) is 27.6 Å². The molecule has 0 fully saturated rings. The van der Waals surface area contributed by atoms with Crippen LogP contribution in [0.2, 0.25) is 5.02 Å². The number of ether oxygens (including phenoxy) is 1. The smallest absolute Gasteiger partial charge is 0.120 e. The Bertz CT molecular complexity index is 571. The van der Waals surface area contributed by atoms with Gasteiger partial charge in [-0.3, -0.25) is 4.68 Å². The van der Waals surface area contributed by atoms with E-state index in [0.717, 1.165) is 12.1 Å². The third kappa shape index (κ3) is 4.76. The average molecular weight is 309 g/mol. The number of nitrogens with zero attached hydrogens (tertiary/aromatic N) is 2. The minimum atomic E-state index is -0.593. The molecular weight excluding hydrogens is 288 g/mol. The fourth-order valence-corrected chi connectivity index (χ4v) is 2.15. The summed E-state index contributed by atoms with van der Waals surface area (Å²) in [5, 5.41) is 15.1. The predicted octanol–water partition coefficient (Wildman–Crippen LogP) is 3.49. The van der Waals surface area contributed by atoms with E-state index in [1.807, 2.05) is 29.1 Å². The molecule has 2 atom stereocenters. The molecule has 0 amide bonds. The molecule has 0 aliphatic carbocycles. The van der Waals surface area contributed by atoms with Gasteiger partial charge in [0.1, 0.15) is 12.4 Å². The van der Waals surface area contributed by atoms with E-state index in [1.54, 1.807) is 12.1 Å². The average Bonchev–Trinajstić information content (AvgIpc) is 2.93. The Balaban J connectivity index is 1.84. The number of aromatic nitrogens is 2. The number of aliphatic hydroxyl groups is 1. The van der Waals surface area contributed by atoms with E-state index in [-0.39, 0.29) is 6.61 Å². The quantitative estimate of drug-likeness (QED) is 0.851. The molecule has 114 valence electrons. The molecule has 0 spiro atoms. The van der Waals surface area contributed by atoms with Gasteiger partial charge in [-0.2, -0.15) is 5.10 Å². The maximum absolute atomic E-state index is 10.0. The van der Waals surface area contributed by atoms with Gasteiger partial charge in [-0.25, -0.2) is 0 Å². The molecule has 0 saturated heterocycles. The number of benzene rings is 1. The van der Waals surface area contributed by atoms with Crippen LogP contribution in [0.15, 0.2) is 36.5 Å². The minimum absolute atomic E-state index is 0.219. The van der Waals surface area contributed by atoms with Gasteiger partial charge in [0.15, 0.2) is 0 Å². The van der Waals surface area contributed by atoms with Crippen molar-refractivity contribution in [1.82, 2.24) is 9.78 Å². The summed E-state index contributed by atoms with van der Waals surface area (Å²) >= 11 is 5.88. The molecule has 0 aliphatic rings. The van der Waals surface area contributed by atoms with Gasteiger partial charge in [0.2, 0.25) is 0 Å². The Morgan fingerprint density at radius 1 is 1.38 bits per heavy atom. The molecular formula is C16H21ClN2O2. The largest absolute Gasteiger partial charge is 0.491 e. The molecule has 5 heteroatoms. The van der Waals surface area contributed by atoms with E-state index >= 15 is 0 Å². The summed E-state index contributed by atoms with van der Waals surface area (Å²) in [6.07, 6.45) is 2.86. The van der Waals surface area contributed by atoms with E-state index in [0.29, 0.717) is 23.2 Å². The van der Waals surface area contributed by atoms with Crippen molar-refractivity contribution < 1.29 is 9.84 Å². The lowest BCUT2D eigenvalue weighted by Crippen LogP contribution is -2.20. The summed E-state index contributed by atoms with van der Waals surface area (Å²) < 4.78 is 7.46. The fourth-order valence-electron chi connectivity index (χ4n) is 1.97. The van der Waals surface area contributed by atoms with Crippen LogP contribution in [-0.2, 0) is 6.42 Å². The highest BCUT2D eigenvalue weighted by atomic mass is 35.5. The maximum atomic E-state index is 10.0. The third-order valence-electron chi connectivity index (χ3n) is 3.39. The lowest BCUT2D eigenvalue weighted by molar-refractivity contribution is 0.107. The van der Waals surface area contributed by atoms with Crippen molar-refractivity contribution in [2.24, 2.45) is 0 Å². The first-order chi connectivity index (χ1) is 10.1. The Labute approximate surface area is 130 Å². The molecule has 0 saturated carbocycles. The van der Waals surface area contributed by atoms with Crippen molar-refractivity contribution in [3.8, 4) is 5.75 Å². The van der Waals surface area contributed by atoms with Gasteiger partial charge in [0.05, 0.1) is 11.8 Å². The van der Waals surface area contributed by atoms with Crippen LogP contribution in [0.1, 0.15) is 32.0 Å². The lowest BCUT2D eigenvalue weighted by Gasteiger charge is -2.12. The standard InChI is InChI=1S/C16H21ClN2O2/c1-3-12(2)19-8-7-14(18-19)10-15(20)11-21-16-6-4-5-13(17)9-16/h4-9,12,15,20H,3,10-11H2,1-2H3. The van der Waals surface area contributed by atoms with E-state index in [4.69, 9.17) is 16.3 Å². The van der Waals surface area contributed by atoms with Gasteiger partial charge in [-0.1, -0.05) is 24.6 Å². The maximum Gasteiger partial charge on any atom is 0.120 e. The predicted molar refractivity (Wildman–Crippen MR) is 83.9 cm³/mol. The van der Waals surface area contributed by atoms with Gasteiger partial charge in [0.25, 0.3) is 0 Å². The minimum Gasteiger partial charge on any atom is -0.491 e. The first-order valence-corrected chi connectivity index (χ1v) is 7.56. The van der Waals surface area contributed by atoms with Crippen molar-refractivity contribution in [2.45, 2.75) is 38.8 Å². The van der Waals surface area contributed by atoms with Gasteiger partial charge in [0, 0.05) is 23.7 Å². The van der Waals surface area contributed by atoms with Crippen LogP contribution in [0.5, 0.6) is 5.75 Å². The van der Waals surface area contributed by atoms with Gasteiger partial charge >= 0.3 is 0 Å². The van der Waals surface area contributed by atoms with Gasteiger partial charge in [-0.15, -0.1) is 0 Å². The fraction of sp³-hybridized carbons (Fsp3) is 0.438. The van der Waals surface area contributed by atoms with Crippen molar-refractivity contribution in [3.05, 3.63) is 47.2 Å². The summed E-state index contributed by atoms with van der Waals surface area (Å²) in [4.78, 5) is 0. The van der Waals surface area contributed by atoms with E-state index in [2.05, 4.69) is 18.9 Å². The molecule has 0 aliphatic heterocycles. The number of hydrogen-bond donors (Lipinski definition) is 1. The molecule has 1 N–H and O–H groups in total. The lowest BCUT2D eigenvalue weighted by atomic mass is 10.2. The summed E-state index contributed by atoms with van der Waals surface area (Å²) in [5.74, 6) is 0.659. The van der Waals surface area contributed by atoms with Crippen LogP contribution in [0.4, 0.5) is 0 Å². The second kappa shape index (κ2) is 7.48. The van der Waals surface area contributed by atoms with E-state index < -0.39 is 6.10 Å². The second-order valence-electron chi connectivity index (χ2n) is 5.17. The van der Waals surface area contributed by atoms with E-state index in [9.17, 15) is 5.11 Å². The SMILES string of the molecule is CCC(C)n1ccc(CC(O)COc2cccc(Cl)c2)n1. The zero-order valence-corrected chi connectivity index (χ0v) is 13.1. The highest BCUT2D eigenvalue weighted by Gasteiger charge is 2.11. The first-order valence-electron chi connectivity index (χ1n) is 7.19. The summed E-state index contributed by atoms with van der Waals surface area (Å²) in [6.45, 7) is 4.46. The molecule has 0 bridgehead atoms. The Kier molecular flexibility index (Phi) is 5.65. The van der Waals surface area contributed by atoms with Crippen molar-refractivity contribution in [2.75, 3.05) is 6.61 Å². The zero-order chi connectivity index (χ0) is 15.2. The number of hydrogen-bond acceptors (Lipinski definition) is 3. The molecule has 0 radical (unpaired) electrons. The normalized spacial score (nSPS) is 13.9. The molecule has 2 rings (SSSR count). The summed E-state index contributed by atoms with van der Waals surface area (Å²) in [6, 6.07) is 9.46. The topological polar surface area (TPSA) is 47.3 Å². The van der Waals surface area contributed by atoms with Gasteiger partial charge in [-0.05, 0) is 37.6 Å². The molecule has 4 nitrogen and oxygen atoms in total. The number of aliphatic hydroxyl groups excluding tert-OH is 1. The Morgan fingerprint density at radius 2 is 2.19 bits per heavy atom. The first kappa shape index (κ1) is 15.9. The second-order valence-corrected chi connectivity index (χ2v) is 5.61. The molecule has 1 heterocycles. The van der Waals surface area contributed by atoms with Crippen LogP contribution >= 0.6 is 11.6 Å². The van der Waals surface area contributed by atoms with Crippen LogP contribution in [0.25, 0.3) is 0 Å². The Morgan fingerprint density at radius 3 is 2.90 bits per heavy atom. The third-order valence-corrected chi connectivity index (χ3v) is 3.62. The zero-order valence-electron chi connectivity index (χ0n) is 12.4. The number of halogens is 1. The Hall–Kier alpha value is -1.52. The highest BCUT2D eigenvalue weighted by Crippen LogP contribution is 2.17. The highest BCUT2D eigenvalue weighted by molar-refractivity contribution is 6.30. The van der Waals surface area contributed by atoms with Crippen LogP contribution in [0, 0.1) is 0 Å². The van der Waals surface area contributed by atoms with E-state index in [1.165, 1.54) is 0 Å². The van der Waals surface area contributed by atoms with Gasteiger partial charge < -0.3 is 9.84 Å². The van der Waals surface area contributed by atoms with Crippen LogP contribution < -0.4 is 4.74 Å². The van der Waals surface area contributed by atoms with Crippen LogP contribution in [0.3, 0.4) is 0 Å². The van der Waals surface area contributed by atoms with Crippen molar-refractivity contribution in [3.63, 3.8) is 0 Å². The number of rotatable bonds is 7. The monoisotopic (exact) mass is 308 g/mol. The molecule has 1 aromatic carbocycles. The summed E-state index contributed by atoms with van der Waals surface area (Å²) in [7, 11) is 0. The molecule has 2 unspecified atom stereocenters. The molecule has 2 aromatic rings. The molecule has 21 heavy (non-hydrogen) atoms. The van der Waals surface area contributed by atoms with Crippen molar-refractivity contribution in [1.29, 1.82) is 0 Å². The summed E-state index contributed by atoms with van der Waals surface area (Å²) in [5.41, 5.74) is 0.873.